The van der Waals surface area contributed by atoms with E-state index in [1.807, 2.05) is 0 Å². The number of hydrogen-bond acceptors (Lipinski definition) is 32. The molecule has 0 atom stereocenters. The molecule has 14 N–H and O–H groups in total. The molecular weight excluding hydrogens is 1690 g/mol. The summed E-state index contributed by atoms with van der Waals surface area (Å²) in [7, 11) is -42.3. The van der Waals surface area contributed by atoms with Gasteiger partial charge in [-0.25, -0.2) is 0 Å². The SMILES string of the molecule is O=C(CCl)Nc1cc(Nc2nc(Cl)nc(Nc3ccc(-c4ccc(Nc5nc(Cl)nc(Nc6ccc(N=Nc7cc8c(S(=O)(=O)O)cc(S(=O)(=O)O)cc8cc7S(=O)(=O)O)c(NC(=O)CCl)c6)n5)cc4S(=O)(=O)O)c(S(=O)(=O)O)c3)n2)ccc1N=Nc1cc2c(S(=O)(=O)O)cc(S(=O)(=O)O)cc2cc1S(=O)(=O)O. The average molecular weight is 1730 g/mol. The Bertz CT molecular complexity index is 6190. The van der Waals surface area contributed by atoms with E-state index >= 15 is 0 Å². The number of aromatic nitrogens is 6. The first kappa shape index (κ1) is 80.6. The van der Waals surface area contributed by atoms with Crippen LogP contribution in [-0.4, -0.2) is 157 Å². The van der Waals surface area contributed by atoms with E-state index in [-0.39, 0.29) is 57.4 Å². The maximum atomic E-state index is 13.1. The molecule has 108 heavy (non-hydrogen) atoms. The smallest absolute Gasteiger partial charge is 0.296 e. The van der Waals surface area contributed by atoms with Crippen molar-refractivity contribution < 1.29 is 113 Å². The van der Waals surface area contributed by atoms with Gasteiger partial charge < -0.3 is 31.9 Å². The van der Waals surface area contributed by atoms with Crippen LogP contribution >= 0.6 is 46.4 Å². The van der Waals surface area contributed by atoms with Crippen LogP contribution in [0.15, 0.2) is 181 Å². The molecule has 54 heteroatoms. The average Bonchev–Trinajstić information content (AvgIpc) is 0.755. The minimum absolute atomic E-state index is 0.00310. The number of benzene rings is 8. The van der Waals surface area contributed by atoms with Crippen LogP contribution < -0.4 is 31.9 Å². The zero-order valence-corrected chi connectivity index (χ0v) is 61.7. The van der Waals surface area contributed by atoms with Gasteiger partial charge in [0.25, 0.3) is 80.9 Å². The Morgan fingerprint density at radius 2 is 0.611 bits per heavy atom. The Hall–Kier alpha value is -9.92. The van der Waals surface area contributed by atoms with Gasteiger partial charge >= 0.3 is 0 Å². The molecule has 10 aromatic rings. The second-order valence-corrected chi connectivity index (χ2v) is 33.8. The minimum atomic E-state index is -5.36. The number of carbonyl (C=O) groups is 2. The summed E-state index contributed by atoms with van der Waals surface area (Å²) in [6.07, 6.45) is 0. The van der Waals surface area contributed by atoms with E-state index in [0.717, 1.165) is 48.5 Å². The third-order valence-corrected chi connectivity index (χ3v) is 21.8. The summed E-state index contributed by atoms with van der Waals surface area (Å²) in [6.45, 7) is 0. The number of azo groups is 2. The highest BCUT2D eigenvalue weighted by atomic mass is 35.5. The summed E-state index contributed by atoms with van der Waals surface area (Å²) in [5.74, 6) is -4.68. The van der Waals surface area contributed by atoms with E-state index in [2.05, 4.69) is 82.3 Å². The topological polar surface area (TPSA) is 668 Å². The quantitative estimate of drug-likeness (QED) is 0.0144. The normalized spacial score (nSPS) is 12.7. The Balaban J connectivity index is 0.902. The Morgan fingerprint density at radius 1 is 0.324 bits per heavy atom. The summed E-state index contributed by atoms with van der Waals surface area (Å²) >= 11 is 24.0. The molecule has 42 nitrogen and oxygen atoms in total. The number of nitrogens with one attached hydrogen (secondary N) is 6. The van der Waals surface area contributed by atoms with Crippen LogP contribution in [-0.2, 0) is 90.5 Å². The van der Waals surface area contributed by atoms with Crippen LogP contribution in [0.5, 0.6) is 0 Å². The molecule has 0 bridgehead atoms. The molecule has 0 fully saturated rings. The van der Waals surface area contributed by atoms with Crippen LogP contribution in [0.1, 0.15) is 0 Å². The van der Waals surface area contributed by atoms with Gasteiger partial charge in [0.15, 0.2) is 0 Å². The number of carbonyl (C=O) groups excluding carboxylic acids is 2. The predicted molar refractivity (Wildman–Crippen MR) is 381 cm³/mol. The first-order chi connectivity index (χ1) is 50.0. The third kappa shape index (κ3) is 19.3. The van der Waals surface area contributed by atoms with Crippen molar-refractivity contribution in [2.45, 2.75) is 39.2 Å². The van der Waals surface area contributed by atoms with Crippen molar-refractivity contribution in [2.24, 2.45) is 20.5 Å². The Labute approximate surface area is 626 Å². The van der Waals surface area contributed by atoms with E-state index in [1.54, 1.807) is 0 Å². The molecule has 2 aromatic heterocycles. The van der Waals surface area contributed by atoms with Gasteiger partial charge in [0.1, 0.15) is 63.9 Å². The predicted octanol–water partition coefficient (Wildman–Crippen LogP) is 9.47. The summed E-state index contributed by atoms with van der Waals surface area (Å²) in [5, 5.41) is 27.7. The number of hydrogen-bond donors (Lipinski definition) is 14. The Morgan fingerprint density at radius 3 is 0.898 bits per heavy atom. The van der Waals surface area contributed by atoms with E-state index < -0.39 is 210 Å². The second kappa shape index (κ2) is 30.3. The fraction of sp³-hybridized carbons (Fsp3) is 0.0370. The van der Waals surface area contributed by atoms with E-state index in [4.69, 9.17) is 46.4 Å². The van der Waals surface area contributed by atoms with Crippen molar-refractivity contribution in [2.75, 3.05) is 43.7 Å². The summed E-state index contributed by atoms with van der Waals surface area (Å²) in [5.41, 5.74) is -4.26. The molecule has 0 spiro atoms. The van der Waals surface area contributed by atoms with E-state index in [0.29, 0.717) is 48.5 Å². The largest absolute Gasteiger partial charge is 0.324 e. The van der Waals surface area contributed by atoms with Crippen molar-refractivity contribution in [3.05, 3.63) is 132 Å². The first-order valence-corrected chi connectivity index (χ1v) is 41.4. The lowest BCUT2D eigenvalue weighted by molar-refractivity contribution is -0.114. The minimum Gasteiger partial charge on any atom is -0.324 e. The number of halogens is 4. The van der Waals surface area contributed by atoms with Gasteiger partial charge in [-0.05, 0) is 143 Å². The molecule has 2 amide bonds. The first-order valence-electron chi connectivity index (χ1n) is 28.1. The van der Waals surface area contributed by atoms with Gasteiger partial charge in [-0.15, -0.1) is 43.7 Å². The van der Waals surface area contributed by atoms with Crippen LogP contribution in [0.25, 0.3) is 32.7 Å². The Kier molecular flexibility index (Phi) is 22.6. The lowest BCUT2D eigenvalue weighted by atomic mass is 10.0. The fourth-order valence-electron chi connectivity index (χ4n) is 9.63. The van der Waals surface area contributed by atoms with Crippen molar-refractivity contribution in [1.29, 1.82) is 0 Å². The van der Waals surface area contributed by atoms with Crippen LogP contribution in [0, 0.1) is 0 Å². The van der Waals surface area contributed by atoms with Gasteiger partial charge in [0.05, 0.1) is 21.2 Å². The van der Waals surface area contributed by atoms with Gasteiger partial charge in [-0.3, -0.25) is 46.0 Å². The van der Waals surface area contributed by atoms with Crippen LogP contribution in [0.2, 0.25) is 10.6 Å². The van der Waals surface area contributed by atoms with Gasteiger partial charge in [-0.2, -0.15) is 97.2 Å². The van der Waals surface area contributed by atoms with Crippen LogP contribution in [0.3, 0.4) is 0 Å². The van der Waals surface area contributed by atoms with Gasteiger partial charge in [0.2, 0.25) is 46.2 Å². The lowest BCUT2D eigenvalue weighted by Gasteiger charge is -2.15. The molecule has 8 aromatic carbocycles. The number of amides is 2. The number of fused-ring (bicyclic) bond motifs is 2. The second-order valence-electron chi connectivity index (χ2n) is 21.4. The molecule has 0 aliphatic carbocycles. The molecular formula is C54H38Cl4N16O26S8. The van der Waals surface area contributed by atoms with Crippen molar-refractivity contribution in [3.63, 3.8) is 0 Å². The number of nitrogens with zero attached hydrogens (tertiary/aromatic N) is 10. The highest BCUT2D eigenvalue weighted by Crippen LogP contribution is 2.42. The standard InChI is InChI=1S/C54H38Cl4N16O26S8/c55-21-47(75)63-37-13-25(3-7-35(37)71-73-39-19-33-23(11-45(39)107(95,96)97)9-29(101(77,78)79)17-43(33)105(89,90)91)59-51-65-49(57)67-53(69-51)61-27-1-5-31(41(15-27)103(83,84)85)32-6-2-28(16-42(32)104(86,87)88)62-54-68-50(58)66-52(70-54)60-26-4-8-36(38(14-26)64-48(76)22-56)72-74-40-20-34-24(12-46(40)108(98,99)100)10-30(102(80,81)82)18-44(34)106(92,93)94/h1-20H,21-22H2,(H,63,75)(H,64,76)(H,77,78,79)(H,80,81,82)(H,83,84,85)(H,86,87,88)(H,89,90,91)(H,92,93,94)(H,95,96,97)(H,98,99,100)(H2,59,61,65,67,69)(H2,60,62,66,68,70). The molecule has 0 aliphatic rings. The van der Waals surface area contributed by atoms with Crippen LogP contribution in [0.4, 0.5) is 80.7 Å². The molecule has 0 saturated carbocycles. The highest BCUT2D eigenvalue weighted by molar-refractivity contribution is 7.88. The van der Waals surface area contributed by atoms with Crippen molar-refractivity contribution in [1.82, 2.24) is 29.9 Å². The number of anilines is 10. The number of rotatable bonds is 25. The molecule has 566 valence electrons. The maximum Gasteiger partial charge on any atom is 0.296 e. The third-order valence-electron chi connectivity index (χ3n) is 14.0. The van der Waals surface area contributed by atoms with Crippen molar-refractivity contribution in [3.8, 4) is 11.1 Å². The monoisotopic (exact) mass is 1720 g/mol. The summed E-state index contributed by atoms with van der Waals surface area (Å²) in [4.78, 5) is 40.8. The fourth-order valence-corrected chi connectivity index (χ4v) is 15.5. The number of alkyl halides is 2. The summed E-state index contributed by atoms with van der Waals surface area (Å²) < 4.78 is 280. The molecule has 0 aliphatic heterocycles. The molecule has 0 unspecified atom stereocenters. The zero-order chi connectivity index (χ0) is 79.3. The van der Waals surface area contributed by atoms with Gasteiger partial charge in [-0.1, -0.05) is 12.1 Å². The lowest BCUT2D eigenvalue weighted by Crippen LogP contribution is -2.13. The molecule has 10 rings (SSSR count). The summed E-state index contributed by atoms with van der Waals surface area (Å²) in [6, 6.07) is 17.4. The van der Waals surface area contributed by atoms with E-state index in [9.17, 15) is 113 Å². The van der Waals surface area contributed by atoms with E-state index in [1.165, 1.54) is 24.3 Å². The van der Waals surface area contributed by atoms with Gasteiger partial charge in [0, 0.05) is 44.6 Å². The highest BCUT2D eigenvalue weighted by Gasteiger charge is 2.30. The maximum absolute atomic E-state index is 13.1. The molecule has 0 saturated heterocycles. The molecule has 2 heterocycles. The zero-order valence-electron chi connectivity index (χ0n) is 52.1. The van der Waals surface area contributed by atoms with Crippen molar-refractivity contribution >= 4 is 241 Å². The molecule has 0 radical (unpaired) electrons.